The summed E-state index contributed by atoms with van der Waals surface area (Å²) in [4.78, 5) is 13.1. The molecule has 1 aromatic carbocycles. The number of nitrogens with one attached hydrogen (secondary N) is 1. The lowest BCUT2D eigenvalue weighted by Gasteiger charge is -2.02. The molecule has 4 rings (SSSR count). The Kier molecular flexibility index (Phi) is 4.35. The first-order chi connectivity index (χ1) is 12.4. The third-order valence-corrected chi connectivity index (χ3v) is 3.65. The molecule has 6 heteroatoms. The van der Waals surface area contributed by atoms with E-state index in [9.17, 15) is 0 Å². The molecule has 0 aliphatic rings. The van der Waals surface area contributed by atoms with E-state index in [1.165, 1.54) is 0 Å². The average molecular weight is 332 g/mol. The summed E-state index contributed by atoms with van der Waals surface area (Å²) in [6, 6.07) is 13.5. The maximum atomic E-state index is 5.52. The molecule has 124 valence electrons. The van der Waals surface area contributed by atoms with Crippen LogP contribution in [0, 0.1) is 0 Å². The van der Waals surface area contributed by atoms with E-state index in [2.05, 4.69) is 20.3 Å². The van der Waals surface area contributed by atoms with E-state index in [1.54, 1.807) is 24.9 Å². The summed E-state index contributed by atoms with van der Waals surface area (Å²) in [6.45, 7) is 1.25. The molecular formula is C19H16N4O2. The van der Waals surface area contributed by atoms with Gasteiger partial charge in [0.05, 0.1) is 12.0 Å². The molecule has 0 unspecified atom stereocenters. The first-order valence-corrected chi connectivity index (χ1v) is 7.94. The first kappa shape index (κ1) is 15.3. The van der Waals surface area contributed by atoms with Gasteiger partial charge in [0.1, 0.15) is 6.26 Å². The molecule has 0 saturated carbocycles. The third kappa shape index (κ3) is 3.64. The van der Waals surface area contributed by atoms with Gasteiger partial charge in [0.2, 0.25) is 5.89 Å². The minimum Gasteiger partial charge on any atom is -0.461 e. The van der Waals surface area contributed by atoms with Crippen LogP contribution in [0.4, 0.5) is 0 Å². The van der Waals surface area contributed by atoms with E-state index in [0.29, 0.717) is 30.6 Å². The van der Waals surface area contributed by atoms with Gasteiger partial charge < -0.3 is 14.2 Å². The van der Waals surface area contributed by atoms with Crippen LogP contribution in [0.5, 0.6) is 0 Å². The molecule has 4 aromatic rings. The van der Waals surface area contributed by atoms with Crippen LogP contribution in [0.1, 0.15) is 11.3 Å². The van der Waals surface area contributed by atoms with Crippen LogP contribution in [0.15, 0.2) is 76.2 Å². The SMILES string of the molecule is c1ccc(-c2nc(CNCc3cnc(-c4ccco4)nc3)co2)cc1. The Labute approximate surface area is 144 Å². The van der Waals surface area contributed by atoms with E-state index in [-0.39, 0.29) is 0 Å². The van der Waals surface area contributed by atoms with Crippen LogP contribution in [0.2, 0.25) is 0 Å². The van der Waals surface area contributed by atoms with Crippen molar-refractivity contribution >= 4 is 0 Å². The Morgan fingerprint density at radius 1 is 0.880 bits per heavy atom. The Bertz CT molecular complexity index is 916. The number of rotatable bonds is 6. The number of benzene rings is 1. The second-order valence-electron chi connectivity index (χ2n) is 5.51. The highest BCUT2D eigenvalue weighted by Crippen LogP contribution is 2.18. The molecule has 0 fully saturated rings. The van der Waals surface area contributed by atoms with Gasteiger partial charge in [-0.1, -0.05) is 18.2 Å². The van der Waals surface area contributed by atoms with Gasteiger partial charge in [-0.3, -0.25) is 0 Å². The number of hydrogen-bond acceptors (Lipinski definition) is 6. The smallest absolute Gasteiger partial charge is 0.226 e. The fraction of sp³-hybridized carbons (Fsp3) is 0.105. The molecule has 25 heavy (non-hydrogen) atoms. The van der Waals surface area contributed by atoms with Gasteiger partial charge in [0.25, 0.3) is 0 Å². The highest BCUT2D eigenvalue weighted by atomic mass is 16.3. The van der Waals surface area contributed by atoms with Gasteiger partial charge in [-0.15, -0.1) is 0 Å². The Balaban J connectivity index is 1.33. The predicted octanol–water partition coefficient (Wildman–Crippen LogP) is 3.68. The Morgan fingerprint density at radius 2 is 1.72 bits per heavy atom. The Morgan fingerprint density at radius 3 is 2.48 bits per heavy atom. The number of oxazole rings is 1. The molecule has 0 amide bonds. The fourth-order valence-electron chi connectivity index (χ4n) is 2.42. The van der Waals surface area contributed by atoms with Crippen LogP contribution in [0.3, 0.4) is 0 Å². The largest absolute Gasteiger partial charge is 0.461 e. The summed E-state index contributed by atoms with van der Waals surface area (Å²) in [5.74, 6) is 1.87. The van der Waals surface area contributed by atoms with Gasteiger partial charge in [-0.25, -0.2) is 15.0 Å². The summed E-state index contributed by atoms with van der Waals surface area (Å²) in [7, 11) is 0. The lowest BCUT2D eigenvalue weighted by atomic mass is 10.2. The zero-order valence-corrected chi connectivity index (χ0v) is 13.4. The Hall–Kier alpha value is -3.25. The number of nitrogens with zero attached hydrogens (tertiary/aromatic N) is 3. The molecule has 3 aromatic heterocycles. The van der Waals surface area contributed by atoms with Gasteiger partial charge in [-0.2, -0.15) is 0 Å². The molecule has 0 saturated heterocycles. The van der Waals surface area contributed by atoms with Crippen LogP contribution >= 0.6 is 0 Å². The molecule has 0 spiro atoms. The quantitative estimate of drug-likeness (QED) is 0.580. The zero-order valence-electron chi connectivity index (χ0n) is 13.4. The van der Waals surface area contributed by atoms with E-state index < -0.39 is 0 Å². The monoisotopic (exact) mass is 332 g/mol. The molecule has 0 atom stereocenters. The highest BCUT2D eigenvalue weighted by molar-refractivity contribution is 5.52. The van der Waals surface area contributed by atoms with Crippen molar-refractivity contribution < 1.29 is 8.83 Å². The molecule has 3 heterocycles. The lowest BCUT2D eigenvalue weighted by molar-refractivity contribution is 0.569. The van der Waals surface area contributed by atoms with E-state index >= 15 is 0 Å². The van der Waals surface area contributed by atoms with Crippen LogP contribution in [0.25, 0.3) is 23.0 Å². The topological polar surface area (TPSA) is 77.0 Å². The number of furan rings is 1. The van der Waals surface area contributed by atoms with E-state index in [4.69, 9.17) is 8.83 Å². The number of hydrogen-bond donors (Lipinski definition) is 1. The van der Waals surface area contributed by atoms with Crippen molar-refractivity contribution in [2.45, 2.75) is 13.1 Å². The normalized spacial score (nSPS) is 10.9. The molecule has 1 N–H and O–H groups in total. The zero-order chi connectivity index (χ0) is 16.9. The minimum atomic E-state index is 0.581. The van der Waals surface area contributed by atoms with Crippen molar-refractivity contribution in [3.05, 3.63) is 78.6 Å². The van der Waals surface area contributed by atoms with Gasteiger partial charge in [0, 0.05) is 36.6 Å². The van der Waals surface area contributed by atoms with E-state index in [0.717, 1.165) is 16.8 Å². The number of aromatic nitrogens is 3. The summed E-state index contributed by atoms with van der Waals surface area (Å²) in [5.41, 5.74) is 2.81. The minimum absolute atomic E-state index is 0.581. The summed E-state index contributed by atoms with van der Waals surface area (Å²) in [5, 5.41) is 3.31. The highest BCUT2D eigenvalue weighted by Gasteiger charge is 2.07. The van der Waals surface area contributed by atoms with Crippen LogP contribution in [-0.2, 0) is 13.1 Å². The summed E-state index contributed by atoms with van der Waals surface area (Å²) < 4.78 is 10.8. The molecule has 0 aliphatic heterocycles. The van der Waals surface area contributed by atoms with Crippen molar-refractivity contribution in [3.8, 4) is 23.0 Å². The van der Waals surface area contributed by atoms with E-state index in [1.807, 2.05) is 42.5 Å². The van der Waals surface area contributed by atoms with Crippen molar-refractivity contribution in [1.82, 2.24) is 20.3 Å². The van der Waals surface area contributed by atoms with Crippen LogP contribution < -0.4 is 5.32 Å². The summed E-state index contributed by atoms with van der Waals surface area (Å²) in [6.07, 6.45) is 6.85. The van der Waals surface area contributed by atoms with Gasteiger partial charge in [-0.05, 0) is 24.3 Å². The van der Waals surface area contributed by atoms with Crippen molar-refractivity contribution in [2.75, 3.05) is 0 Å². The average Bonchev–Trinajstić information content (AvgIpc) is 3.35. The molecule has 6 nitrogen and oxygen atoms in total. The second-order valence-corrected chi connectivity index (χ2v) is 5.51. The van der Waals surface area contributed by atoms with Crippen LogP contribution in [-0.4, -0.2) is 15.0 Å². The van der Waals surface area contributed by atoms with Crippen molar-refractivity contribution in [1.29, 1.82) is 0 Å². The maximum Gasteiger partial charge on any atom is 0.226 e. The maximum absolute atomic E-state index is 5.52. The van der Waals surface area contributed by atoms with Crippen molar-refractivity contribution in [3.63, 3.8) is 0 Å². The molecule has 0 bridgehead atoms. The first-order valence-electron chi connectivity index (χ1n) is 7.94. The standard InChI is InChI=1S/C19H16N4O2/c1-2-5-15(6-3-1)19-23-16(13-25-19)12-20-9-14-10-21-18(22-11-14)17-7-4-8-24-17/h1-8,10-11,13,20H,9,12H2. The lowest BCUT2D eigenvalue weighted by Crippen LogP contribution is -2.13. The van der Waals surface area contributed by atoms with Crippen molar-refractivity contribution in [2.24, 2.45) is 0 Å². The summed E-state index contributed by atoms with van der Waals surface area (Å²) >= 11 is 0. The molecule has 0 aliphatic carbocycles. The molecular weight excluding hydrogens is 316 g/mol. The third-order valence-electron chi connectivity index (χ3n) is 3.65. The van der Waals surface area contributed by atoms with Gasteiger partial charge in [0.15, 0.2) is 11.6 Å². The van der Waals surface area contributed by atoms with Gasteiger partial charge >= 0.3 is 0 Å². The second kappa shape index (κ2) is 7.11. The predicted molar refractivity (Wildman–Crippen MR) is 92.2 cm³/mol. The fourth-order valence-corrected chi connectivity index (χ4v) is 2.42. The molecule has 0 radical (unpaired) electrons.